The average Bonchev–Trinajstić information content (AvgIpc) is 2.91. The van der Waals surface area contributed by atoms with Crippen molar-refractivity contribution in [3.05, 3.63) is 29.3 Å². The number of nitrogens with one attached hydrogen (secondary N) is 1. The molecule has 0 aromatic heterocycles. The summed E-state index contributed by atoms with van der Waals surface area (Å²) in [6.07, 6.45) is -2.53. The summed E-state index contributed by atoms with van der Waals surface area (Å²) in [5.74, 6) is 0. The van der Waals surface area contributed by atoms with Gasteiger partial charge in [-0.15, -0.1) is 0 Å². The molecule has 1 N–H and O–H groups in total. The summed E-state index contributed by atoms with van der Waals surface area (Å²) >= 11 is 0. The number of hydrogen-bond acceptors (Lipinski definition) is 3. The maximum Gasteiger partial charge on any atom is 0.417 e. The highest BCUT2D eigenvalue weighted by Gasteiger charge is 2.33. The molecule has 0 bridgehead atoms. The van der Waals surface area contributed by atoms with Gasteiger partial charge in [0.15, 0.2) is 0 Å². The molecule has 20 heavy (non-hydrogen) atoms. The van der Waals surface area contributed by atoms with Gasteiger partial charge in [-0.25, -0.2) is 0 Å². The number of anilines is 1. The van der Waals surface area contributed by atoms with Crippen LogP contribution in [0, 0.1) is 11.3 Å². The number of rotatable bonds is 3. The second-order valence-corrected chi connectivity index (χ2v) is 4.85. The summed E-state index contributed by atoms with van der Waals surface area (Å²) in [4.78, 5) is 0. The van der Waals surface area contributed by atoms with Crippen LogP contribution in [0.4, 0.5) is 18.9 Å². The second-order valence-electron chi connectivity index (χ2n) is 4.85. The summed E-state index contributed by atoms with van der Waals surface area (Å²) in [7, 11) is 0. The zero-order valence-electron chi connectivity index (χ0n) is 11.0. The molecule has 0 radical (unpaired) electrons. The summed E-state index contributed by atoms with van der Waals surface area (Å²) in [5, 5.41) is 11.9. The fourth-order valence-electron chi connectivity index (χ4n) is 2.33. The van der Waals surface area contributed by atoms with E-state index < -0.39 is 11.7 Å². The Kier molecular flexibility index (Phi) is 4.19. The van der Waals surface area contributed by atoms with Crippen LogP contribution in [0.2, 0.25) is 0 Å². The summed E-state index contributed by atoms with van der Waals surface area (Å²) < 4.78 is 43.6. The average molecular weight is 284 g/mol. The predicted octanol–water partition coefficient (Wildman–Crippen LogP) is 3.56. The van der Waals surface area contributed by atoms with E-state index in [0.717, 1.165) is 18.9 Å². The van der Waals surface area contributed by atoms with Gasteiger partial charge in [0.25, 0.3) is 0 Å². The van der Waals surface area contributed by atoms with E-state index in [2.05, 4.69) is 5.32 Å². The first-order valence-electron chi connectivity index (χ1n) is 6.41. The molecule has 6 heteroatoms. The van der Waals surface area contributed by atoms with E-state index in [9.17, 15) is 13.2 Å². The van der Waals surface area contributed by atoms with Gasteiger partial charge in [-0.2, -0.15) is 18.4 Å². The normalized spacial score (nSPS) is 20.4. The van der Waals surface area contributed by atoms with Crippen molar-refractivity contribution in [3.8, 4) is 6.07 Å². The fourth-order valence-corrected chi connectivity index (χ4v) is 2.33. The molecule has 1 aliphatic heterocycles. The van der Waals surface area contributed by atoms with Crippen molar-refractivity contribution in [3.63, 3.8) is 0 Å². The van der Waals surface area contributed by atoms with Crippen LogP contribution in [0.3, 0.4) is 0 Å². The van der Waals surface area contributed by atoms with E-state index in [1.165, 1.54) is 12.1 Å². The molecule has 1 aliphatic rings. The number of benzene rings is 1. The van der Waals surface area contributed by atoms with Crippen LogP contribution in [0.15, 0.2) is 18.2 Å². The Morgan fingerprint density at radius 1 is 1.45 bits per heavy atom. The molecule has 1 heterocycles. The van der Waals surface area contributed by atoms with Gasteiger partial charge in [0, 0.05) is 18.3 Å². The van der Waals surface area contributed by atoms with Crippen molar-refractivity contribution in [1.82, 2.24) is 0 Å². The molecule has 2 atom stereocenters. The van der Waals surface area contributed by atoms with Crippen molar-refractivity contribution >= 4 is 5.69 Å². The number of nitrogens with zero attached hydrogens (tertiary/aromatic N) is 1. The molecule has 1 saturated heterocycles. The largest absolute Gasteiger partial charge is 0.417 e. The van der Waals surface area contributed by atoms with Gasteiger partial charge in [-0.1, -0.05) is 0 Å². The van der Waals surface area contributed by atoms with Gasteiger partial charge in [0.1, 0.15) is 0 Å². The van der Waals surface area contributed by atoms with Gasteiger partial charge < -0.3 is 10.1 Å². The van der Waals surface area contributed by atoms with Crippen LogP contribution in [0.1, 0.15) is 30.9 Å². The lowest BCUT2D eigenvalue weighted by Gasteiger charge is -2.21. The highest BCUT2D eigenvalue weighted by Crippen LogP contribution is 2.33. The van der Waals surface area contributed by atoms with Crippen molar-refractivity contribution in [1.29, 1.82) is 5.26 Å². The van der Waals surface area contributed by atoms with E-state index in [0.29, 0.717) is 12.3 Å². The smallest absolute Gasteiger partial charge is 0.380 e. The molecule has 0 saturated carbocycles. The van der Waals surface area contributed by atoms with Crippen LogP contribution >= 0.6 is 0 Å². The van der Waals surface area contributed by atoms with Gasteiger partial charge in [0.05, 0.1) is 23.3 Å². The number of ether oxygens (including phenoxy) is 1. The molecule has 2 rings (SSSR count). The third kappa shape index (κ3) is 3.23. The molecule has 0 spiro atoms. The highest BCUT2D eigenvalue weighted by molar-refractivity contribution is 5.54. The first-order chi connectivity index (χ1) is 9.41. The van der Waals surface area contributed by atoms with Crippen molar-refractivity contribution in [2.75, 3.05) is 11.9 Å². The summed E-state index contributed by atoms with van der Waals surface area (Å²) in [6, 6.07) is 5.09. The Labute approximate surface area is 115 Å². The topological polar surface area (TPSA) is 45.0 Å². The van der Waals surface area contributed by atoms with Gasteiger partial charge in [-0.05, 0) is 38.0 Å². The molecule has 3 nitrogen and oxygen atoms in total. The van der Waals surface area contributed by atoms with Crippen LogP contribution in [-0.4, -0.2) is 18.8 Å². The molecular formula is C14H15F3N2O. The standard InChI is InChI=1S/C14H15F3N2O/c1-9(13-3-2-6-20-13)19-11-4-5-12(14(15,16)17)10(7-11)8-18/h4-5,7,9,13,19H,2-3,6H2,1H3. The first-order valence-corrected chi connectivity index (χ1v) is 6.41. The Morgan fingerprint density at radius 2 is 2.20 bits per heavy atom. The Bertz CT molecular complexity index is 516. The quantitative estimate of drug-likeness (QED) is 0.923. The van der Waals surface area contributed by atoms with E-state index in [-0.39, 0.29) is 17.7 Å². The molecule has 1 aromatic carbocycles. The van der Waals surface area contributed by atoms with Crippen LogP contribution in [0.5, 0.6) is 0 Å². The van der Waals surface area contributed by atoms with Gasteiger partial charge in [0.2, 0.25) is 0 Å². The van der Waals surface area contributed by atoms with Crippen molar-refractivity contribution in [2.45, 2.75) is 38.1 Å². The molecule has 1 aromatic rings. The fraction of sp³-hybridized carbons (Fsp3) is 0.500. The molecule has 1 fully saturated rings. The molecular weight excluding hydrogens is 269 g/mol. The van der Waals surface area contributed by atoms with Crippen molar-refractivity contribution in [2.24, 2.45) is 0 Å². The van der Waals surface area contributed by atoms with E-state index >= 15 is 0 Å². The molecule has 2 unspecified atom stereocenters. The first kappa shape index (κ1) is 14.7. The maximum atomic E-state index is 12.7. The summed E-state index contributed by atoms with van der Waals surface area (Å²) in [6.45, 7) is 2.63. The van der Waals surface area contributed by atoms with Crippen LogP contribution in [0.25, 0.3) is 0 Å². The monoisotopic (exact) mass is 284 g/mol. The lowest BCUT2D eigenvalue weighted by atomic mass is 10.1. The lowest BCUT2D eigenvalue weighted by Crippen LogP contribution is -2.30. The van der Waals surface area contributed by atoms with E-state index in [1.54, 1.807) is 6.07 Å². The summed E-state index contributed by atoms with van der Waals surface area (Å²) in [5.41, 5.74) is -0.782. The number of halogens is 3. The lowest BCUT2D eigenvalue weighted by molar-refractivity contribution is -0.137. The van der Waals surface area contributed by atoms with E-state index in [4.69, 9.17) is 10.00 Å². The number of alkyl halides is 3. The zero-order valence-corrected chi connectivity index (χ0v) is 11.0. The molecule has 0 amide bonds. The number of hydrogen-bond donors (Lipinski definition) is 1. The predicted molar refractivity (Wildman–Crippen MR) is 68.2 cm³/mol. The van der Waals surface area contributed by atoms with Crippen LogP contribution < -0.4 is 5.32 Å². The Hall–Kier alpha value is -1.74. The molecule has 0 aliphatic carbocycles. The highest BCUT2D eigenvalue weighted by atomic mass is 19.4. The third-order valence-corrected chi connectivity index (χ3v) is 3.36. The Morgan fingerprint density at radius 3 is 2.75 bits per heavy atom. The van der Waals surface area contributed by atoms with Crippen molar-refractivity contribution < 1.29 is 17.9 Å². The number of nitriles is 1. The van der Waals surface area contributed by atoms with E-state index in [1.807, 2.05) is 6.92 Å². The molecule has 108 valence electrons. The zero-order chi connectivity index (χ0) is 14.8. The maximum absolute atomic E-state index is 12.7. The SMILES string of the molecule is CC(Nc1ccc(C(F)(F)F)c(C#N)c1)C1CCCO1. The van der Waals surface area contributed by atoms with Gasteiger partial charge in [-0.3, -0.25) is 0 Å². The third-order valence-electron chi connectivity index (χ3n) is 3.36. The van der Waals surface area contributed by atoms with Crippen LogP contribution in [-0.2, 0) is 10.9 Å². The van der Waals surface area contributed by atoms with Gasteiger partial charge >= 0.3 is 6.18 Å². The minimum Gasteiger partial charge on any atom is -0.380 e. The minimum atomic E-state index is -4.51. The Balaban J connectivity index is 2.16. The second kappa shape index (κ2) is 5.71. The minimum absolute atomic E-state index is 0.0132.